The Hall–Kier alpha value is -2.59. The number of rotatable bonds is 4. The summed E-state index contributed by atoms with van der Waals surface area (Å²) in [5.41, 5.74) is 9.71. The van der Waals surface area contributed by atoms with E-state index in [9.17, 15) is 4.79 Å². The molecule has 0 aliphatic rings. The lowest BCUT2D eigenvalue weighted by Crippen LogP contribution is -2.16. The zero-order chi connectivity index (χ0) is 13.7. The van der Waals surface area contributed by atoms with Gasteiger partial charge in [-0.05, 0) is 29.6 Å². The molecule has 2 aromatic rings. The normalized spacial score (nSPS) is 10.8. The van der Waals surface area contributed by atoms with Crippen LogP contribution in [-0.4, -0.2) is 16.1 Å². The van der Waals surface area contributed by atoms with E-state index in [2.05, 4.69) is 15.0 Å². The number of azide groups is 1. The molecule has 0 saturated carbocycles. The van der Waals surface area contributed by atoms with Gasteiger partial charge in [-0.1, -0.05) is 23.3 Å². The quantitative estimate of drug-likeness (QED) is 0.364. The molecule has 1 aromatic heterocycles. The van der Waals surface area contributed by atoms with Crippen LogP contribution in [0.4, 0.5) is 0 Å². The second-order valence-corrected chi connectivity index (χ2v) is 4.08. The zero-order valence-corrected chi connectivity index (χ0v) is 10.5. The maximum absolute atomic E-state index is 11.9. The van der Waals surface area contributed by atoms with Crippen molar-refractivity contribution in [2.75, 3.05) is 6.54 Å². The Morgan fingerprint density at radius 3 is 3.16 bits per heavy atom. The molecular weight excluding hydrogens is 242 g/mol. The fourth-order valence-corrected chi connectivity index (χ4v) is 1.73. The lowest BCUT2D eigenvalue weighted by Gasteiger charge is -2.01. The molecule has 0 spiro atoms. The first-order chi connectivity index (χ1) is 9.22. The molecule has 0 radical (unpaired) electrons. The topological polar surface area (TPSA) is 83.7 Å². The van der Waals surface area contributed by atoms with Gasteiger partial charge in [-0.15, -0.1) is 0 Å². The van der Waals surface area contributed by atoms with Crippen LogP contribution < -0.4 is 5.56 Å². The summed E-state index contributed by atoms with van der Waals surface area (Å²) >= 11 is 0. The third kappa shape index (κ3) is 3.00. The molecule has 0 fully saturated rings. The molecule has 96 valence electrons. The minimum atomic E-state index is -0.0608. The van der Waals surface area contributed by atoms with E-state index in [0.717, 1.165) is 5.56 Å². The molecule has 0 amide bonds. The Morgan fingerprint density at radius 1 is 1.53 bits per heavy atom. The van der Waals surface area contributed by atoms with Crippen molar-refractivity contribution in [2.45, 2.75) is 6.42 Å². The van der Waals surface area contributed by atoms with Gasteiger partial charge in [0.25, 0.3) is 5.56 Å². The van der Waals surface area contributed by atoms with Gasteiger partial charge < -0.3 is 4.57 Å². The predicted molar refractivity (Wildman–Crippen MR) is 74.6 cm³/mol. The molecule has 0 N–H and O–H groups in total. The minimum Gasteiger partial charge on any atom is -0.302 e. The summed E-state index contributed by atoms with van der Waals surface area (Å²) in [6.45, 7) is 0.434. The summed E-state index contributed by atoms with van der Waals surface area (Å²) in [5.74, 6) is 0. The highest BCUT2D eigenvalue weighted by atomic mass is 16.1. The molecule has 6 heteroatoms. The fraction of sp³-hybridized carbons (Fsp3) is 0.231. The summed E-state index contributed by atoms with van der Waals surface area (Å²) in [5, 5.41) is 4.04. The Labute approximate surface area is 109 Å². The van der Waals surface area contributed by atoms with Gasteiger partial charge in [0.05, 0.1) is 17.2 Å². The smallest absolute Gasteiger partial charge is 0.260 e. The highest BCUT2D eigenvalue weighted by Crippen LogP contribution is 2.11. The number of hydrogen-bond donors (Lipinski definition) is 0. The van der Waals surface area contributed by atoms with Gasteiger partial charge in [-0.25, -0.2) is 4.98 Å². The lowest BCUT2D eigenvalue weighted by atomic mass is 10.1. The van der Waals surface area contributed by atoms with Crippen LogP contribution in [0.5, 0.6) is 0 Å². The van der Waals surface area contributed by atoms with E-state index in [1.54, 1.807) is 7.05 Å². The Morgan fingerprint density at radius 2 is 2.37 bits per heavy atom. The Kier molecular flexibility index (Phi) is 3.95. The average Bonchev–Trinajstić information content (AvgIpc) is 2.43. The molecule has 1 heterocycles. The average molecular weight is 255 g/mol. The van der Waals surface area contributed by atoms with E-state index >= 15 is 0 Å². The van der Waals surface area contributed by atoms with Crippen molar-refractivity contribution >= 4 is 17.0 Å². The van der Waals surface area contributed by atoms with Gasteiger partial charge in [0.15, 0.2) is 0 Å². The zero-order valence-electron chi connectivity index (χ0n) is 10.5. The number of nitrogens with zero attached hydrogens (tertiary/aromatic N) is 5. The van der Waals surface area contributed by atoms with Gasteiger partial charge in [0.1, 0.15) is 0 Å². The van der Waals surface area contributed by atoms with Crippen LogP contribution in [0.3, 0.4) is 0 Å². The summed E-state index contributed by atoms with van der Waals surface area (Å²) in [4.78, 5) is 18.8. The van der Waals surface area contributed by atoms with Crippen LogP contribution in [0.2, 0.25) is 0 Å². The van der Waals surface area contributed by atoms with Crippen molar-refractivity contribution in [1.82, 2.24) is 9.55 Å². The van der Waals surface area contributed by atoms with Crippen molar-refractivity contribution in [2.24, 2.45) is 12.2 Å². The number of fused-ring (bicyclic) bond motifs is 1. The fourth-order valence-electron chi connectivity index (χ4n) is 1.73. The number of aryl methyl sites for hydroxylation is 1. The standard InChI is InChI=1S/C13H13N5O/c1-18-9-15-12-6-5-10(8-11(12)13(18)19)4-2-3-7-16-17-14/h2,4-6,8-9H,3,7H2,1H3. The van der Waals surface area contributed by atoms with E-state index in [-0.39, 0.29) is 5.56 Å². The second-order valence-electron chi connectivity index (χ2n) is 4.08. The van der Waals surface area contributed by atoms with Crippen molar-refractivity contribution < 1.29 is 0 Å². The van der Waals surface area contributed by atoms with Crippen molar-refractivity contribution in [1.29, 1.82) is 0 Å². The number of aromatic nitrogens is 2. The predicted octanol–water partition coefficient (Wildman–Crippen LogP) is 2.65. The van der Waals surface area contributed by atoms with Gasteiger partial charge in [0, 0.05) is 18.5 Å². The van der Waals surface area contributed by atoms with Crippen molar-refractivity contribution in [3.05, 3.63) is 57.0 Å². The van der Waals surface area contributed by atoms with Crippen LogP contribution in [0.15, 0.2) is 40.5 Å². The molecule has 19 heavy (non-hydrogen) atoms. The summed E-state index contributed by atoms with van der Waals surface area (Å²) in [6.07, 6.45) is 6.00. The molecule has 0 atom stereocenters. The lowest BCUT2D eigenvalue weighted by molar-refractivity contribution is 0.843. The van der Waals surface area contributed by atoms with E-state index < -0.39 is 0 Å². The van der Waals surface area contributed by atoms with Crippen LogP contribution in [0.1, 0.15) is 12.0 Å². The van der Waals surface area contributed by atoms with Gasteiger partial charge in [-0.2, -0.15) is 0 Å². The maximum atomic E-state index is 11.9. The SMILES string of the molecule is Cn1cnc2ccc(C=CCCN=[N+]=[N-])cc2c1=O. The van der Waals surface area contributed by atoms with E-state index in [1.165, 1.54) is 10.9 Å². The molecule has 0 saturated heterocycles. The van der Waals surface area contributed by atoms with E-state index in [4.69, 9.17) is 5.53 Å². The van der Waals surface area contributed by atoms with Crippen LogP contribution >= 0.6 is 0 Å². The molecule has 6 nitrogen and oxygen atoms in total. The van der Waals surface area contributed by atoms with Crippen LogP contribution in [0.25, 0.3) is 27.4 Å². The Bertz CT molecular complexity index is 725. The highest BCUT2D eigenvalue weighted by Gasteiger charge is 2.01. The minimum absolute atomic E-state index is 0.0608. The first-order valence-corrected chi connectivity index (χ1v) is 5.85. The first kappa shape index (κ1) is 12.9. The summed E-state index contributed by atoms with van der Waals surface area (Å²) in [6, 6.07) is 5.54. The van der Waals surface area contributed by atoms with Gasteiger partial charge >= 0.3 is 0 Å². The largest absolute Gasteiger partial charge is 0.302 e. The number of benzene rings is 1. The summed E-state index contributed by atoms with van der Waals surface area (Å²) in [7, 11) is 1.68. The van der Waals surface area contributed by atoms with E-state index in [0.29, 0.717) is 23.9 Å². The van der Waals surface area contributed by atoms with Crippen molar-refractivity contribution in [3.8, 4) is 0 Å². The molecule has 2 rings (SSSR count). The molecular formula is C13H13N5O. The molecule has 0 unspecified atom stereocenters. The van der Waals surface area contributed by atoms with Gasteiger partial charge in [0.2, 0.25) is 0 Å². The van der Waals surface area contributed by atoms with Gasteiger partial charge in [-0.3, -0.25) is 4.79 Å². The first-order valence-electron chi connectivity index (χ1n) is 5.85. The molecule has 1 aromatic carbocycles. The molecule has 0 aliphatic heterocycles. The maximum Gasteiger partial charge on any atom is 0.260 e. The number of hydrogen-bond acceptors (Lipinski definition) is 3. The highest BCUT2D eigenvalue weighted by molar-refractivity contribution is 5.80. The third-order valence-corrected chi connectivity index (χ3v) is 2.71. The second kappa shape index (κ2) is 5.84. The monoisotopic (exact) mass is 255 g/mol. The molecule has 0 bridgehead atoms. The van der Waals surface area contributed by atoms with E-state index in [1.807, 2.05) is 30.4 Å². The molecule has 0 aliphatic carbocycles. The van der Waals surface area contributed by atoms with Crippen LogP contribution in [0, 0.1) is 0 Å². The Balaban J connectivity index is 2.28. The summed E-state index contributed by atoms with van der Waals surface area (Å²) < 4.78 is 1.46. The van der Waals surface area contributed by atoms with Crippen molar-refractivity contribution in [3.63, 3.8) is 0 Å². The third-order valence-electron chi connectivity index (χ3n) is 2.71. The van der Waals surface area contributed by atoms with Crippen LogP contribution in [-0.2, 0) is 7.05 Å².